The summed E-state index contributed by atoms with van der Waals surface area (Å²) >= 11 is 0. The Morgan fingerprint density at radius 2 is 2.03 bits per heavy atom. The van der Waals surface area contributed by atoms with Gasteiger partial charge in [-0.05, 0) is 69.4 Å². The number of aryl methyl sites for hydroxylation is 1. The third-order valence-corrected chi connectivity index (χ3v) is 7.45. The zero-order valence-corrected chi connectivity index (χ0v) is 17.8. The van der Waals surface area contributed by atoms with Gasteiger partial charge in [0.05, 0.1) is 5.56 Å². The predicted molar refractivity (Wildman–Crippen MR) is 111 cm³/mol. The SMILES string of the molecule is CC[C@@]1(C)[C@@H](CNC)C2CC(c3ccc(C)cc3C(F)(F)F)=CC3=C2N1CCC3. The van der Waals surface area contributed by atoms with Crippen LogP contribution in [-0.2, 0) is 6.18 Å². The summed E-state index contributed by atoms with van der Waals surface area (Å²) in [7, 11) is 1.98. The van der Waals surface area contributed by atoms with Gasteiger partial charge in [0.25, 0.3) is 0 Å². The summed E-state index contributed by atoms with van der Waals surface area (Å²) in [5.41, 5.74) is 4.08. The van der Waals surface area contributed by atoms with Crippen LogP contribution in [0, 0.1) is 18.8 Å². The number of benzene rings is 1. The molecule has 1 aromatic rings. The standard InChI is InChI=1S/C24H31F3N2/c1-5-23(3)21(14-28-4)19-13-17(12-16-7-6-10-29(23)22(16)19)18-9-8-15(2)11-20(18)24(25,26)27/h8-9,11-12,19,21,28H,5-7,10,13-14H2,1-4H3/t19?,21-,23-/m0/s1. The van der Waals surface area contributed by atoms with Crippen LogP contribution in [0.4, 0.5) is 13.2 Å². The average Bonchev–Trinajstić information content (AvgIpc) is 2.92. The normalized spacial score (nSPS) is 29.2. The zero-order valence-electron chi connectivity index (χ0n) is 17.8. The van der Waals surface area contributed by atoms with E-state index in [-0.39, 0.29) is 11.5 Å². The van der Waals surface area contributed by atoms with Gasteiger partial charge >= 0.3 is 6.18 Å². The Morgan fingerprint density at radius 3 is 2.69 bits per heavy atom. The Morgan fingerprint density at radius 1 is 1.28 bits per heavy atom. The summed E-state index contributed by atoms with van der Waals surface area (Å²) in [5, 5.41) is 3.36. The van der Waals surface area contributed by atoms with Crippen molar-refractivity contribution in [2.75, 3.05) is 20.1 Å². The molecular weight excluding hydrogens is 373 g/mol. The van der Waals surface area contributed by atoms with E-state index in [1.807, 2.05) is 7.05 Å². The molecule has 2 heterocycles. The van der Waals surface area contributed by atoms with Crippen LogP contribution in [0.1, 0.15) is 56.2 Å². The van der Waals surface area contributed by atoms with E-state index in [9.17, 15) is 13.2 Å². The van der Waals surface area contributed by atoms with Crippen molar-refractivity contribution in [3.05, 3.63) is 52.2 Å². The average molecular weight is 405 g/mol. The molecule has 0 spiro atoms. The zero-order chi connectivity index (χ0) is 21.0. The van der Waals surface area contributed by atoms with E-state index in [0.717, 1.165) is 37.9 Å². The summed E-state index contributed by atoms with van der Waals surface area (Å²) in [6, 6.07) is 4.78. The van der Waals surface area contributed by atoms with E-state index in [1.54, 1.807) is 19.1 Å². The van der Waals surface area contributed by atoms with Crippen LogP contribution in [0.3, 0.4) is 0 Å². The summed E-state index contributed by atoms with van der Waals surface area (Å²) in [6.45, 7) is 8.25. The molecule has 158 valence electrons. The third-order valence-electron chi connectivity index (χ3n) is 7.45. The molecule has 0 bridgehead atoms. The molecule has 0 aromatic heterocycles. The molecule has 1 saturated heterocycles. The first-order valence-electron chi connectivity index (χ1n) is 10.7. The fraction of sp³-hybridized carbons (Fsp3) is 0.583. The first-order valence-corrected chi connectivity index (χ1v) is 10.7. The van der Waals surface area contributed by atoms with Crippen molar-refractivity contribution >= 4 is 5.57 Å². The Hall–Kier alpha value is -1.75. The molecule has 1 unspecified atom stereocenters. The van der Waals surface area contributed by atoms with Crippen molar-refractivity contribution in [2.45, 2.75) is 58.2 Å². The van der Waals surface area contributed by atoms with Gasteiger partial charge in [-0.1, -0.05) is 30.7 Å². The molecule has 1 aliphatic carbocycles. The van der Waals surface area contributed by atoms with E-state index in [1.165, 1.54) is 17.3 Å². The molecule has 0 saturated carbocycles. The Bertz CT molecular complexity index is 867. The summed E-state index contributed by atoms with van der Waals surface area (Å²) < 4.78 is 41.5. The fourth-order valence-corrected chi connectivity index (χ4v) is 5.93. The number of hydrogen-bond acceptors (Lipinski definition) is 2. The third kappa shape index (κ3) is 3.22. The first kappa shape index (κ1) is 20.5. The number of alkyl halides is 3. The second-order valence-corrected chi connectivity index (χ2v) is 9.07. The lowest BCUT2D eigenvalue weighted by Crippen LogP contribution is -2.48. The first-order chi connectivity index (χ1) is 13.7. The topological polar surface area (TPSA) is 15.3 Å². The smallest absolute Gasteiger partial charge is 0.369 e. The van der Waals surface area contributed by atoms with Gasteiger partial charge in [0.2, 0.25) is 0 Å². The maximum absolute atomic E-state index is 13.8. The maximum atomic E-state index is 13.8. The molecule has 0 amide bonds. The number of nitrogens with one attached hydrogen (secondary N) is 1. The van der Waals surface area contributed by atoms with E-state index >= 15 is 0 Å². The van der Waals surface area contributed by atoms with E-state index in [2.05, 4.69) is 30.1 Å². The molecule has 1 aromatic carbocycles. The number of halogens is 3. The van der Waals surface area contributed by atoms with Crippen molar-refractivity contribution < 1.29 is 13.2 Å². The minimum atomic E-state index is -4.34. The van der Waals surface area contributed by atoms with Crippen LogP contribution >= 0.6 is 0 Å². The van der Waals surface area contributed by atoms with Gasteiger partial charge in [-0.25, -0.2) is 0 Å². The van der Waals surface area contributed by atoms with Crippen LogP contribution < -0.4 is 5.32 Å². The number of hydrogen-bond donors (Lipinski definition) is 1. The van der Waals surface area contributed by atoms with Gasteiger partial charge in [-0.2, -0.15) is 13.2 Å². The molecule has 0 radical (unpaired) electrons. The lowest BCUT2D eigenvalue weighted by molar-refractivity contribution is -0.137. The van der Waals surface area contributed by atoms with Gasteiger partial charge in [0.15, 0.2) is 0 Å². The molecule has 3 aliphatic rings. The van der Waals surface area contributed by atoms with Gasteiger partial charge in [-0.15, -0.1) is 0 Å². The summed E-state index contributed by atoms with van der Waals surface area (Å²) in [4.78, 5) is 2.59. The van der Waals surface area contributed by atoms with Gasteiger partial charge in [-0.3, -0.25) is 0 Å². The van der Waals surface area contributed by atoms with Gasteiger partial charge < -0.3 is 10.2 Å². The Kier molecular flexibility index (Phi) is 5.09. The van der Waals surface area contributed by atoms with Crippen molar-refractivity contribution in [2.24, 2.45) is 11.8 Å². The molecule has 29 heavy (non-hydrogen) atoms. The minimum Gasteiger partial charge on any atom is -0.369 e. The van der Waals surface area contributed by atoms with Crippen molar-refractivity contribution in [1.29, 1.82) is 0 Å². The summed E-state index contributed by atoms with van der Waals surface area (Å²) in [6.07, 6.45) is 1.50. The van der Waals surface area contributed by atoms with E-state index in [0.29, 0.717) is 23.5 Å². The van der Waals surface area contributed by atoms with Crippen molar-refractivity contribution in [3.63, 3.8) is 0 Å². The van der Waals surface area contributed by atoms with Crippen LogP contribution in [0.5, 0.6) is 0 Å². The predicted octanol–water partition coefficient (Wildman–Crippen LogP) is 5.78. The largest absolute Gasteiger partial charge is 0.417 e. The van der Waals surface area contributed by atoms with Crippen LogP contribution in [0.15, 0.2) is 35.5 Å². The lowest BCUT2D eigenvalue weighted by atomic mass is 9.73. The van der Waals surface area contributed by atoms with Gasteiger partial charge in [0, 0.05) is 36.2 Å². The number of nitrogens with zero attached hydrogens (tertiary/aromatic N) is 1. The number of allylic oxidation sites excluding steroid dienone is 4. The second-order valence-electron chi connectivity index (χ2n) is 9.07. The van der Waals surface area contributed by atoms with E-state index in [4.69, 9.17) is 0 Å². The second kappa shape index (κ2) is 7.19. The highest BCUT2D eigenvalue weighted by atomic mass is 19.4. The molecule has 4 rings (SSSR count). The van der Waals surface area contributed by atoms with Crippen molar-refractivity contribution in [3.8, 4) is 0 Å². The van der Waals surface area contributed by atoms with E-state index < -0.39 is 11.7 Å². The Balaban J connectivity index is 1.83. The highest BCUT2D eigenvalue weighted by Crippen LogP contribution is 2.56. The summed E-state index contributed by atoms with van der Waals surface area (Å²) in [5.74, 6) is 0.675. The van der Waals surface area contributed by atoms with Crippen LogP contribution in [0.25, 0.3) is 5.57 Å². The molecule has 1 fully saturated rings. The highest BCUT2D eigenvalue weighted by molar-refractivity contribution is 5.74. The van der Waals surface area contributed by atoms with Crippen molar-refractivity contribution in [1.82, 2.24) is 10.2 Å². The Labute approximate surface area is 171 Å². The molecule has 1 N–H and O–H groups in total. The minimum absolute atomic E-state index is 0.0537. The number of rotatable bonds is 4. The quantitative estimate of drug-likeness (QED) is 0.684. The molecule has 5 heteroatoms. The maximum Gasteiger partial charge on any atom is 0.417 e. The molecule has 2 aliphatic heterocycles. The highest BCUT2D eigenvalue weighted by Gasteiger charge is 2.54. The van der Waals surface area contributed by atoms with Crippen LogP contribution in [0.2, 0.25) is 0 Å². The van der Waals surface area contributed by atoms with Crippen LogP contribution in [-0.4, -0.2) is 30.6 Å². The lowest BCUT2D eigenvalue weighted by Gasteiger charge is -2.42. The fourth-order valence-electron chi connectivity index (χ4n) is 5.93. The molecule has 2 nitrogen and oxygen atoms in total. The van der Waals surface area contributed by atoms with Gasteiger partial charge in [0.1, 0.15) is 0 Å². The molecular formula is C24H31F3N2. The monoisotopic (exact) mass is 404 g/mol. The molecule has 3 atom stereocenters.